The van der Waals surface area contributed by atoms with Gasteiger partial charge in [0.2, 0.25) is 17.7 Å². The molecule has 0 aliphatic heterocycles. The number of fused-ring (bicyclic) bond motifs is 1. The van der Waals surface area contributed by atoms with E-state index in [1.807, 2.05) is 48.5 Å². The van der Waals surface area contributed by atoms with Crippen LogP contribution in [0.4, 0.5) is 0 Å². The number of ether oxygens (including phenoxy) is 1. The Morgan fingerprint density at radius 2 is 1.84 bits per heavy atom. The second-order valence-corrected chi connectivity index (χ2v) is 7.68. The second kappa shape index (κ2) is 9.66. The number of hydrogen-bond acceptors (Lipinski definition) is 5. The van der Waals surface area contributed by atoms with E-state index in [1.54, 1.807) is 7.11 Å². The second-order valence-electron chi connectivity index (χ2n) is 7.24. The van der Waals surface area contributed by atoms with Gasteiger partial charge in [-0.3, -0.25) is 4.79 Å². The number of amides is 1. The van der Waals surface area contributed by atoms with Crippen LogP contribution in [0.25, 0.3) is 10.9 Å². The largest absolute Gasteiger partial charge is 0.497 e. The highest BCUT2D eigenvalue weighted by Crippen LogP contribution is 2.20. The average Bonchev–Trinajstić information content (AvgIpc) is 3.41. The van der Waals surface area contributed by atoms with E-state index < -0.39 is 0 Å². The molecular weight excluding hydrogens is 416 g/mol. The lowest BCUT2D eigenvalue weighted by Gasteiger charge is -2.02. The van der Waals surface area contributed by atoms with E-state index in [9.17, 15) is 4.79 Å². The van der Waals surface area contributed by atoms with Crippen LogP contribution in [-0.4, -0.2) is 28.2 Å². The van der Waals surface area contributed by atoms with Crippen LogP contribution in [0.5, 0.6) is 5.75 Å². The summed E-state index contributed by atoms with van der Waals surface area (Å²) in [5.41, 5.74) is 3.07. The molecule has 4 aromatic rings. The van der Waals surface area contributed by atoms with Crippen molar-refractivity contribution >= 4 is 28.4 Å². The normalized spacial score (nSPS) is 11.0. The molecule has 160 valence electrons. The van der Waals surface area contributed by atoms with Gasteiger partial charge in [0.25, 0.3) is 0 Å². The number of benzene rings is 2. The molecule has 0 unspecified atom stereocenters. The van der Waals surface area contributed by atoms with Gasteiger partial charge in [-0.1, -0.05) is 23.7 Å². The molecule has 0 saturated heterocycles. The zero-order valence-electron chi connectivity index (χ0n) is 17.2. The molecular formula is C23H23ClN4O3. The molecule has 0 aliphatic carbocycles. The molecule has 0 radical (unpaired) electrons. The van der Waals surface area contributed by atoms with Gasteiger partial charge in [-0.2, -0.15) is 0 Å². The van der Waals surface area contributed by atoms with Crippen LogP contribution >= 0.6 is 11.6 Å². The minimum Gasteiger partial charge on any atom is -0.497 e. The van der Waals surface area contributed by atoms with Gasteiger partial charge in [-0.15, -0.1) is 10.2 Å². The van der Waals surface area contributed by atoms with E-state index in [4.69, 9.17) is 20.8 Å². The molecule has 0 saturated carbocycles. The van der Waals surface area contributed by atoms with Crippen LogP contribution < -0.4 is 10.1 Å². The monoisotopic (exact) mass is 438 g/mol. The Labute approximate surface area is 184 Å². The number of nitrogens with one attached hydrogen (secondary N) is 2. The Bertz CT molecular complexity index is 1170. The molecule has 0 atom stereocenters. The van der Waals surface area contributed by atoms with Crippen molar-refractivity contribution in [3.63, 3.8) is 0 Å². The first-order valence-electron chi connectivity index (χ1n) is 10.1. The fraction of sp³-hybridized carbons (Fsp3) is 0.261. The molecule has 0 spiro atoms. The zero-order chi connectivity index (χ0) is 21.6. The highest BCUT2D eigenvalue weighted by molar-refractivity contribution is 6.31. The smallest absolute Gasteiger partial charge is 0.220 e. The molecule has 4 rings (SSSR count). The Kier molecular flexibility index (Phi) is 6.52. The lowest BCUT2D eigenvalue weighted by Crippen LogP contribution is -2.23. The van der Waals surface area contributed by atoms with Crippen molar-refractivity contribution < 1.29 is 13.9 Å². The van der Waals surface area contributed by atoms with Crippen molar-refractivity contribution in [1.82, 2.24) is 20.5 Å². The predicted molar refractivity (Wildman–Crippen MR) is 118 cm³/mol. The van der Waals surface area contributed by atoms with Gasteiger partial charge in [0, 0.05) is 40.9 Å². The molecule has 2 aromatic carbocycles. The van der Waals surface area contributed by atoms with Gasteiger partial charge >= 0.3 is 0 Å². The van der Waals surface area contributed by atoms with Crippen molar-refractivity contribution in [2.24, 2.45) is 0 Å². The summed E-state index contributed by atoms with van der Waals surface area (Å²) in [7, 11) is 1.65. The fourth-order valence-electron chi connectivity index (χ4n) is 3.30. The van der Waals surface area contributed by atoms with Crippen LogP contribution in [0, 0.1) is 0 Å². The number of halogens is 1. The Balaban J connectivity index is 1.21. The Hall–Kier alpha value is -3.32. The van der Waals surface area contributed by atoms with E-state index in [1.165, 1.54) is 5.56 Å². The first kappa shape index (κ1) is 20.9. The van der Waals surface area contributed by atoms with Crippen molar-refractivity contribution in [3.05, 3.63) is 76.6 Å². The van der Waals surface area contributed by atoms with E-state index in [2.05, 4.69) is 20.5 Å². The quantitative estimate of drug-likeness (QED) is 0.407. The van der Waals surface area contributed by atoms with Gasteiger partial charge < -0.3 is 19.5 Å². The maximum atomic E-state index is 12.2. The molecule has 31 heavy (non-hydrogen) atoms. The van der Waals surface area contributed by atoms with E-state index in [0.717, 1.165) is 28.8 Å². The van der Waals surface area contributed by atoms with Gasteiger partial charge in [-0.05, 0) is 48.4 Å². The fourth-order valence-corrected chi connectivity index (χ4v) is 3.48. The maximum absolute atomic E-state index is 12.2. The number of nitrogens with zero attached hydrogens (tertiary/aromatic N) is 2. The first-order chi connectivity index (χ1) is 15.1. The third kappa shape index (κ3) is 5.64. The summed E-state index contributed by atoms with van der Waals surface area (Å²) in [5, 5.41) is 12.7. The van der Waals surface area contributed by atoms with Crippen LogP contribution in [0.2, 0.25) is 5.02 Å². The third-order valence-corrected chi connectivity index (χ3v) is 5.21. The molecule has 1 amide bonds. The topological polar surface area (TPSA) is 93.0 Å². The summed E-state index contributed by atoms with van der Waals surface area (Å²) in [6, 6.07) is 15.5. The summed E-state index contributed by atoms with van der Waals surface area (Å²) in [4.78, 5) is 15.5. The van der Waals surface area contributed by atoms with E-state index in [0.29, 0.717) is 36.2 Å². The third-order valence-electron chi connectivity index (χ3n) is 4.98. The highest BCUT2D eigenvalue weighted by atomic mass is 35.5. The van der Waals surface area contributed by atoms with Gasteiger partial charge in [0.15, 0.2) is 0 Å². The van der Waals surface area contributed by atoms with Gasteiger partial charge in [0.1, 0.15) is 5.75 Å². The standard InChI is InChI=1S/C23H23ClN4O3/c1-30-19-6-2-15(3-7-19)4-10-22-27-28-23(31-22)11-9-21(29)25-14-18-13-16-12-17(24)5-8-20(16)26-18/h2-3,5-8,12-13,26H,4,9-11,14H2,1H3,(H,25,29). The van der Waals surface area contributed by atoms with E-state index >= 15 is 0 Å². The van der Waals surface area contributed by atoms with Crippen LogP contribution in [0.15, 0.2) is 52.9 Å². The lowest BCUT2D eigenvalue weighted by molar-refractivity contribution is -0.121. The summed E-state index contributed by atoms with van der Waals surface area (Å²) < 4.78 is 10.8. The van der Waals surface area contributed by atoms with E-state index in [-0.39, 0.29) is 12.3 Å². The first-order valence-corrected chi connectivity index (χ1v) is 10.4. The Morgan fingerprint density at radius 1 is 1.06 bits per heavy atom. The zero-order valence-corrected chi connectivity index (χ0v) is 17.9. The maximum Gasteiger partial charge on any atom is 0.220 e. The summed E-state index contributed by atoms with van der Waals surface area (Å²) in [5.74, 6) is 1.80. The molecule has 0 bridgehead atoms. The highest BCUT2D eigenvalue weighted by Gasteiger charge is 2.10. The number of hydrogen-bond donors (Lipinski definition) is 2. The SMILES string of the molecule is COc1ccc(CCc2nnc(CCC(=O)NCc3cc4cc(Cl)ccc4[nH]3)o2)cc1. The molecule has 2 aromatic heterocycles. The molecule has 2 heterocycles. The minimum atomic E-state index is -0.0744. The molecule has 0 aliphatic rings. The number of H-pyrrole nitrogens is 1. The number of methoxy groups -OCH3 is 1. The molecule has 7 nitrogen and oxygen atoms in total. The molecule has 2 N–H and O–H groups in total. The number of aromatic nitrogens is 3. The number of carbonyl (C=O) groups is 1. The molecule has 0 fully saturated rings. The lowest BCUT2D eigenvalue weighted by atomic mass is 10.1. The van der Waals surface area contributed by atoms with Crippen molar-refractivity contribution in [2.45, 2.75) is 32.2 Å². The van der Waals surface area contributed by atoms with Gasteiger partial charge in [-0.25, -0.2) is 0 Å². The number of aromatic amines is 1. The summed E-state index contributed by atoms with van der Waals surface area (Å²) in [6.07, 6.45) is 2.13. The summed E-state index contributed by atoms with van der Waals surface area (Å²) >= 11 is 6.01. The number of carbonyl (C=O) groups excluding carboxylic acids is 1. The average molecular weight is 439 g/mol. The summed E-state index contributed by atoms with van der Waals surface area (Å²) in [6.45, 7) is 0.419. The van der Waals surface area contributed by atoms with Crippen LogP contribution in [0.3, 0.4) is 0 Å². The van der Waals surface area contributed by atoms with Gasteiger partial charge in [0.05, 0.1) is 13.7 Å². The van der Waals surface area contributed by atoms with Crippen molar-refractivity contribution in [3.8, 4) is 5.75 Å². The number of aryl methyl sites for hydroxylation is 3. The van der Waals surface area contributed by atoms with Crippen molar-refractivity contribution in [1.29, 1.82) is 0 Å². The number of rotatable bonds is 9. The predicted octanol–water partition coefficient (Wildman–Crippen LogP) is 4.25. The molecule has 8 heteroatoms. The van der Waals surface area contributed by atoms with Crippen LogP contribution in [0.1, 0.15) is 29.5 Å². The minimum absolute atomic E-state index is 0.0744. The van der Waals surface area contributed by atoms with Crippen LogP contribution in [-0.2, 0) is 30.6 Å². The van der Waals surface area contributed by atoms with Crippen molar-refractivity contribution in [2.75, 3.05) is 7.11 Å². The Morgan fingerprint density at radius 3 is 2.61 bits per heavy atom.